The van der Waals surface area contributed by atoms with E-state index in [2.05, 4.69) is 10.4 Å². The summed E-state index contributed by atoms with van der Waals surface area (Å²) in [6.07, 6.45) is 0. The van der Waals surface area contributed by atoms with Gasteiger partial charge in [-0.3, -0.25) is 14.3 Å². The number of amides is 2. The lowest BCUT2D eigenvalue weighted by Gasteiger charge is -2.27. The molecule has 0 unspecified atom stereocenters. The number of carbonyl (C=O) groups excluding carboxylic acids is 2. The summed E-state index contributed by atoms with van der Waals surface area (Å²) in [4.78, 5) is 28.7. The van der Waals surface area contributed by atoms with Crippen molar-refractivity contribution in [3.63, 3.8) is 0 Å². The second kappa shape index (κ2) is 7.36. The monoisotopic (exact) mass is 380 g/mol. The Morgan fingerprint density at radius 2 is 1.96 bits per heavy atom. The topological polar surface area (TPSA) is 67.2 Å². The summed E-state index contributed by atoms with van der Waals surface area (Å²) in [7, 11) is 0. The standard InChI is InChI=1S/C20H20N4O2S/c1-14-7-8-18(27-14)20(26)23-9-10-24-16(13-23)11-17(22-24)19(25)21-12-15-5-3-2-4-6-15/h2-8,11H,9-10,12-13H2,1H3,(H,21,25). The molecular formula is C20H20N4O2S. The van der Waals surface area contributed by atoms with Gasteiger partial charge in [0.2, 0.25) is 0 Å². The van der Waals surface area contributed by atoms with Crippen molar-refractivity contribution >= 4 is 23.2 Å². The lowest BCUT2D eigenvalue weighted by atomic mass is 10.2. The minimum Gasteiger partial charge on any atom is -0.347 e. The highest BCUT2D eigenvalue weighted by atomic mass is 32.1. The Balaban J connectivity index is 1.42. The highest BCUT2D eigenvalue weighted by molar-refractivity contribution is 7.13. The zero-order valence-electron chi connectivity index (χ0n) is 15.0. The molecule has 1 aliphatic rings. The number of nitrogens with zero attached hydrogens (tertiary/aromatic N) is 3. The Morgan fingerprint density at radius 1 is 1.15 bits per heavy atom. The van der Waals surface area contributed by atoms with Crippen LogP contribution in [0.2, 0.25) is 0 Å². The van der Waals surface area contributed by atoms with Crippen LogP contribution < -0.4 is 5.32 Å². The maximum Gasteiger partial charge on any atom is 0.272 e. The fraction of sp³-hybridized carbons (Fsp3) is 0.250. The molecule has 2 aromatic heterocycles. The first-order valence-electron chi connectivity index (χ1n) is 8.85. The van der Waals surface area contributed by atoms with Crippen molar-refractivity contribution in [1.29, 1.82) is 0 Å². The molecule has 1 aromatic carbocycles. The SMILES string of the molecule is Cc1ccc(C(=O)N2CCn3nc(C(=O)NCc4ccccc4)cc3C2)s1. The van der Waals surface area contributed by atoms with Crippen LogP contribution in [0.1, 0.15) is 36.3 Å². The molecule has 138 valence electrons. The van der Waals surface area contributed by atoms with Gasteiger partial charge in [-0.25, -0.2) is 0 Å². The van der Waals surface area contributed by atoms with Crippen LogP contribution >= 0.6 is 11.3 Å². The van der Waals surface area contributed by atoms with Gasteiger partial charge >= 0.3 is 0 Å². The maximum atomic E-state index is 12.7. The lowest BCUT2D eigenvalue weighted by molar-refractivity contribution is 0.0710. The van der Waals surface area contributed by atoms with Crippen molar-refractivity contribution in [2.24, 2.45) is 0 Å². The van der Waals surface area contributed by atoms with E-state index in [4.69, 9.17) is 0 Å². The predicted molar refractivity (Wildman–Crippen MR) is 104 cm³/mol. The molecule has 0 saturated heterocycles. The summed E-state index contributed by atoms with van der Waals surface area (Å²) >= 11 is 1.51. The second-order valence-corrected chi connectivity index (χ2v) is 7.84. The Hall–Kier alpha value is -2.93. The van der Waals surface area contributed by atoms with Gasteiger partial charge in [-0.05, 0) is 30.7 Å². The smallest absolute Gasteiger partial charge is 0.272 e. The predicted octanol–water partition coefficient (Wildman–Crippen LogP) is 2.84. The molecule has 27 heavy (non-hydrogen) atoms. The zero-order chi connectivity index (χ0) is 18.8. The van der Waals surface area contributed by atoms with Gasteiger partial charge in [0, 0.05) is 18.0 Å². The van der Waals surface area contributed by atoms with E-state index in [1.807, 2.05) is 59.0 Å². The highest BCUT2D eigenvalue weighted by Crippen LogP contribution is 2.21. The number of carbonyl (C=O) groups is 2. The quantitative estimate of drug-likeness (QED) is 0.757. The van der Waals surface area contributed by atoms with Crippen molar-refractivity contribution in [3.05, 3.63) is 75.2 Å². The minimum absolute atomic E-state index is 0.0376. The molecule has 7 heteroatoms. The number of thiophene rings is 1. The molecule has 1 N–H and O–H groups in total. The zero-order valence-corrected chi connectivity index (χ0v) is 15.8. The van der Waals surface area contributed by atoms with E-state index in [1.54, 1.807) is 6.07 Å². The van der Waals surface area contributed by atoms with Crippen LogP contribution in [-0.4, -0.2) is 33.0 Å². The molecule has 0 fully saturated rings. The van der Waals surface area contributed by atoms with E-state index in [-0.39, 0.29) is 11.8 Å². The summed E-state index contributed by atoms with van der Waals surface area (Å²) in [5.74, 6) is -0.164. The van der Waals surface area contributed by atoms with Crippen molar-refractivity contribution in [1.82, 2.24) is 20.0 Å². The average molecular weight is 380 g/mol. The van der Waals surface area contributed by atoms with Crippen LogP contribution in [0.5, 0.6) is 0 Å². The van der Waals surface area contributed by atoms with Gasteiger partial charge in [0.05, 0.1) is 23.7 Å². The van der Waals surface area contributed by atoms with Gasteiger partial charge in [-0.15, -0.1) is 11.3 Å². The molecule has 2 amide bonds. The Morgan fingerprint density at radius 3 is 2.70 bits per heavy atom. The molecule has 0 bridgehead atoms. The first-order valence-corrected chi connectivity index (χ1v) is 9.66. The molecule has 4 rings (SSSR count). The van der Waals surface area contributed by atoms with E-state index in [9.17, 15) is 9.59 Å². The molecule has 6 nitrogen and oxygen atoms in total. The number of aryl methyl sites for hydroxylation is 1. The maximum absolute atomic E-state index is 12.7. The van der Waals surface area contributed by atoms with E-state index in [0.717, 1.165) is 21.0 Å². The van der Waals surface area contributed by atoms with Gasteiger partial charge in [-0.2, -0.15) is 5.10 Å². The van der Waals surface area contributed by atoms with Gasteiger partial charge in [0.25, 0.3) is 11.8 Å². The number of rotatable bonds is 4. The van der Waals surface area contributed by atoms with Crippen LogP contribution in [0.15, 0.2) is 48.5 Å². The van der Waals surface area contributed by atoms with Gasteiger partial charge in [-0.1, -0.05) is 30.3 Å². The first-order chi connectivity index (χ1) is 13.1. The first kappa shape index (κ1) is 17.5. The number of benzene rings is 1. The summed E-state index contributed by atoms with van der Waals surface area (Å²) in [6, 6.07) is 15.4. The van der Waals surface area contributed by atoms with E-state index >= 15 is 0 Å². The fourth-order valence-electron chi connectivity index (χ4n) is 3.12. The van der Waals surface area contributed by atoms with Crippen LogP contribution in [0.4, 0.5) is 0 Å². The third-order valence-corrected chi connectivity index (χ3v) is 5.55. The molecule has 3 heterocycles. The average Bonchev–Trinajstić information content (AvgIpc) is 3.32. The van der Waals surface area contributed by atoms with E-state index < -0.39 is 0 Å². The molecule has 1 aliphatic heterocycles. The Labute approximate surface area is 161 Å². The van der Waals surface area contributed by atoms with E-state index in [0.29, 0.717) is 31.9 Å². The number of nitrogens with one attached hydrogen (secondary N) is 1. The van der Waals surface area contributed by atoms with Crippen LogP contribution in [0, 0.1) is 6.92 Å². The molecule has 0 radical (unpaired) electrons. The van der Waals surface area contributed by atoms with Crippen molar-refractivity contribution in [2.75, 3.05) is 6.54 Å². The van der Waals surface area contributed by atoms with Gasteiger partial charge in [0.15, 0.2) is 5.69 Å². The molecule has 3 aromatic rings. The number of hydrogen-bond donors (Lipinski definition) is 1. The minimum atomic E-state index is -0.201. The number of aromatic nitrogens is 2. The van der Waals surface area contributed by atoms with Crippen LogP contribution in [-0.2, 0) is 19.6 Å². The molecule has 0 spiro atoms. The lowest BCUT2D eigenvalue weighted by Crippen LogP contribution is -2.38. The normalized spacial score (nSPS) is 13.3. The summed E-state index contributed by atoms with van der Waals surface area (Å²) < 4.78 is 1.82. The Bertz CT molecular complexity index is 977. The Kier molecular flexibility index (Phi) is 4.77. The second-order valence-electron chi connectivity index (χ2n) is 6.55. The number of fused-ring (bicyclic) bond motifs is 1. The third-order valence-electron chi connectivity index (χ3n) is 4.56. The van der Waals surface area contributed by atoms with Crippen molar-refractivity contribution in [3.8, 4) is 0 Å². The summed E-state index contributed by atoms with van der Waals surface area (Å²) in [6.45, 7) is 4.11. The summed E-state index contributed by atoms with van der Waals surface area (Å²) in [5.41, 5.74) is 2.31. The highest BCUT2D eigenvalue weighted by Gasteiger charge is 2.25. The molecule has 0 atom stereocenters. The van der Waals surface area contributed by atoms with Crippen molar-refractivity contribution < 1.29 is 9.59 Å². The largest absolute Gasteiger partial charge is 0.347 e. The molecule has 0 aliphatic carbocycles. The van der Waals surface area contributed by atoms with Crippen LogP contribution in [0.25, 0.3) is 0 Å². The van der Waals surface area contributed by atoms with Gasteiger partial charge in [0.1, 0.15) is 0 Å². The van der Waals surface area contributed by atoms with Crippen molar-refractivity contribution in [2.45, 2.75) is 26.6 Å². The van der Waals surface area contributed by atoms with E-state index in [1.165, 1.54) is 11.3 Å². The number of hydrogen-bond acceptors (Lipinski definition) is 4. The third kappa shape index (κ3) is 3.78. The summed E-state index contributed by atoms with van der Waals surface area (Å²) in [5, 5.41) is 7.30. The molecule has 0 saturated carbocycles. The molecular weight excluding hydrogens is 360 g/mol. The fourth-order valence-corrected chi connectivity index (χ4v) is 3.96. The van der Waals surface area contributed by atoms with Crippen LogP contribution in [0.3, 0.4) is 0 Å². The van der Waals surface area contributed by atoms with Gasteiger partial charge < -0.3 is 10.2 Å².